The second kappa shape index (κ2) is 11.0. The fourth-order valence-electron chi connectivity index (χ4n) is 1.27. The Morgan fingerprint density at radius 2 is 1.47 bits per heavy atom. The number of ether oxygens (including phenoxy) is 2. The van der Waals surface area contributed by atoms with Gasteiger partial charge in [-0.1, -0.05) is 0 Å². The standard InChI is InChI=1S/C10H21Cl2NO2/c1-3-14-10(15-4-2)9-13(7-5-11)8-6-12/h10H,3-9H2,1-2H3. The first-order valence-corrected chi connectivity index (χ1v) is 6.42. The van der Waals surface area contributed by atoms with Crippen LogP contribution in [0.4, 0.5) is 0 Å². The van der Waals surface area contributed by atoms with E-state index in [0.717, 1.165) is 19.6 Å². The van der Waals surface area contributed by atoms with Crippen LogP contribution in [0.5, 0.6) is 0 Å². The largest absolute Gasteiger partial charge is 0.352 e. The summed E-state index contributed by atoms with van der Waals surface area (Å²) in [6.07, 6.45) is -0.175. The zero-order valence-corrected chi connectivity index (χ0v) is 11.1. The van der Waals surface area contributed by atoms with Gasteiger partial charge in [-0.3, -0.25) is 4.90 Å². The van der Waals surface area contributed by atoms with Gasteiger partial charge in [-0.2, -0.15) is 0 Å². The van der Waals surface area contributed by atoms with Gasteiger partial charge in [-0.15, -0.1) is 23.2 Å². The van der Waals surface area contributed by atoms with Crippen molar-refractivity contribution in [1.82, 2.24) is 4.90 Å². The van der Waals surface area contributed by atoms with Gasteiger partial charge in [-0.05, 0) is 13.8 Å². The van der Waals surface area contributed by atoms with Crippen LogP contribution in [-0.4, -0.2) is 55.8 Å². The molecule has 0 heterocycles. The smallest absolute Gasteiger partial charge is 0.170 e. The lowest BCUT2D eigenvalue weighted by molar-refractivity contribution is -0.146. The van der Waals surface area contributed by atoms with E-state index >= 15 is 0 Å². The summed E-state index contributed by atoms with van der Waals surface area (Å²) in [5.41, 5.74) is 0. The van der Waals surface area contributed by atoms with Crippen LogP contribution < -0.4 is 0 Å². The summed E-state index contributed by atoms with van der Waals surface area (Å²) in [6.45, 7) is 7.57. The van der Waals surface area contributed by atoms with Gasteiger partial charge in [0.2, 0.25) is 0 Å². The molecule has 0 radical (unpaired) electrons. The highest BCUT2D eigenvalue weighted by molar-refractivity contribution is 6.18. The van der Waals surface area contributed by atoms with Crippen molar-refractivity contribution in [3.05, 3.63) is 0 Å². The lowest BCUT2D eigenvalue weighted by Crippen LogP contribution is -2.38. The predicted octanol–water partition coefficient (Wildman–Crippen LogP) is 2.17. The van der Waals surface area contributed by atoms with E-state index in [4.69, 9.17) is 32.7 Å². The second-order valence-electron chi connectivity index (χ2n) is 3.02. The molecule has 3 nitrogen and oxygen atoms in total. The van der Waals surface area contributed by atoms with Crippen molar-refractivity contribution >= 4 is 23.2 Å². The van der Waals surface area contributed by atoms with Crippen molar-refractivity contribution in [2.45, 2.75) is 20.1 Å². The summed E-state index contributed by atoms with van der Waals surface area (Å²) in [6, 6.07) is 0. The number of halogens is 2. The van der Waals surface area contributed by atoms with Crippen LogP contribution >= 0.6 is 23.2 Å². The fraction of sp³-hybridized carbons (Fsp3) is 1.00. The quantitative estimate of drug-likeness (QED) is 0.443. The Bertz CT molecular complexity index is 113. The van der Waals surface area contributed by atoms with Gasteiger partial charge >= 0.3 is 0 Å². The lowest BCUT2D eigenvalue weighted by Gasteiger charge is -2.25. The van der Waals surface area contributed by atoms with Crippen LogP contribution in [0.15, 0.2) is 0 Å². The van der Waals surface area contributed by atoms with Gasteiger partial charge in [0, 0.05) is 44.6 Å². The lowest BCUT2D eigenvalue weighted by atomic mass is 10.4. The van der Waals surface area contributed by atoms with Gasteiger partial charge in [0.05, 0.1) is 0 Å². The van der Waals surface area contributed by atoms with E-state index in [1.807, 2.05) is 13.8 Å². The zero-order chi connectivity index (χ0) is 11.5. The van der Waals surface area contributed by atoms with E-state index < -0.39 is 0 Å². The molecule has 0 aromatic rings. The third-order valence-electron chi connectivity index (χ3n) is 1.91. The summed E-state index contributed by atoms with van der Waals surface area (Å²) >= 11 is 11.4. The number of nitrogens with zero attached hydrogens (tertiary/aromatic N) is 1. The second-order valence-corrected chi connectivity index (χ2v) is 3.77. The molecule has 0 spiro atoms. The normalized spacial score (nSPS) is 11.6. The van der Waals surface area contributed by atoms with Crippen LogP contribution in [0, 0.1) is 0 Å². The molecule has 0 saturated heterocycles. The van der Waals surface area contributed by atoms with Gasteiger partial charge in [0.15, 0.2) is 6.29 Å². The molecule has 0 atom stereocenters. The highest BCUT2D eigenvalue weighted by atomic mass is 35.5. The molecule has 0 fully saturated rings. The minimum Gasteiger partial charge on any atom is -0.352 e. The third-order valence-corrected chi connectivity index (χ3v) is 2.25. The van der Waals surface area contributed by atoms with Crippen LogP contribution in [0.25, 0.3) is 0 Å². The number of alkyl halides is 2. The zero-order valence-electron chi connectivity index (χ0n) is 9.55. The van der Waals surface area contributed by atoms with E-state index in [0.29, 0.717) is 25.0 Å². The number of hydrogen-bond acceptors (Lipinski definition) is 3. The minimum absolute atomic E-state index is 0.175. The summed E-state index contributed by atoms with van der Waals surface area (Å²) < 4.78 is 10.9. The molecule has 0 rings (SSSR count). The monoisotopic (exact) mass is 257 g/mol. The topological polar surface area (TPSA) is 21.7 Å². The molecule has 0 bridgehead atoms. The van der Waals surface area contributed by atoms with Gasteiger partial charge in [0.1, 0.15) is 0 Å². The van der Waals surface area contributed by atoms with Crippen molar-refractivity contribution < 1.29 is 9.47 Å². The Morgan fingerprint density at radius 3 is 1.80 bits per heavy atom. The van der Waals surface area contributed by atoms with Crippen molar-refractivity contribution in [1.29, 1.82) is 0 Å². The molecule has 15 heavy (non-hydrogen) atoms. The molecule has 0 aromatic carbocycles. The van der Waals surface area contributed by atoms with Crippen molar-refractivity contribution in [2.24, 2.45) is 0 Å². The van der Waals surface area contributed by atoms with Gasteiger partial charge in [-0.25, -0.2) is 0 Å². The number of rotatable bonds is 10. The molecule has 0 N–H and O–H groups in total. The van der Waals surface area contributed by atoms with E-state index in [9.17, 15) is 0 Å². The Hall–Kier alpha value is 0.460. The Labute approximate surface area is 103 Å². The fourth-order valence-corrected chi connectivity index (χ4v) is 1.75. The first kappa shape index (κ1) is 15.5. The maximum Gasteiger partial charge on any atom is 0.170 e. The Morgan fingerprint density at radius 1 is 1.00 bits per heavy atom. The van der Waals surface area contributed by atoms with Crippen LogP contribution in [0.1, 0.15) is 13.8 Å². The summed E-state index contributed by atoms with van der Waals surface area (Å²) in [7, 11) is 0. The third kappa shape index (κ3) is 8.29. The van der Waals surface area contributed by atoms with Crippen LogP contribution in [0.2, 0.25) is 0 Å². The molecular formula is C10H21Cl2NO2. The predicted molar refractivity (Wildman–Crippen MR) is 64.9 cm³/mol. The summed E-state index contributed by atoms with van der Waals surface area (Å²) in [5, 5.41) is 0. The maximum absolute atomic E-state index is 5.70. The Kier molecular flexibility index (Phi) is 11.3. The molecule has 0 unspecified atom stereocenters. The average molecular weight is 258 g/mol. The van der Waals surface area contributed by atoms with E-state index in [1.165, 1.54) is 0 Å². The van der Waals surface area contributed by atoms with Crippen LogP contribution in [-0.2, 0) is 9.47 Å². The SMILES string of the molecule is CCOC(CN(CCCl)CCCl)OCC. The van der Waals surface area contributed by atoms with Gasteiger partial charge < -0.3 is 9.47 Å². The minimum atomic E-state index is -0.175. The molecule has 0 aliphatic heterocycles. The van der Waals surface area contributed by atoms with Crippen molar-refractivity contribution in [3.63, 3.8) is 0 Å². The maximum atomic E-state index is 5.70. The van der Waals surface area contributed by atoms with E-state index in [2.05, 4.69) is 4.90 Å². The molecule has 0 aliphatic rings. The molecule has 0 aromatic heterocycles. The molecule has 0 amide bonds. The first-order valence-electron chi connectivity index (χ1n) is 5.35. The van der Waals surface area contributed by atoms with Crippen molar-refractivity contribution in [3.8, 4) is 0 Å². The summed E-state index contributed by atoms with van der Waals surface area (Å²) in [4.78, 5) is 2.15. The average Bonchev–Trinajstić information content (AvgIpc) is 2.19. The first-order chi connectivity index (χ1) is 7.28. The highest BCUT2D eigenvalue weighted by Crippen LogP contribution is 2.01. The highest BCUT2D eigenvalue weighted by Gasteiger charge is 2.13. The molecule has 92 valence electrons. The van der Waals surface area contributed by atoms with Crippen LogP contribution in [0.3, 0.4) is 0 Å². The van der Waals surface area contributed by atoms with Gasteiger partial charge in [0.25, 0.3) is 0 Å². The van der Waals surface area contributed by atoms with Crippen molar-refractivity contribution in [2.75, 3.05) is 44.6 Å². The molecule has 0 aliphatic carbocycles. The Balaban J connectivity index is 3.93. The molecule has 5 heteroatoms. The molecule has 0 saturated carbocycles. The van der Waals surface area contributed by atoms with E-state index in [-0.39, 0.29) is 6.29 Å². The van der Waals surface area contributed by atoms with E-state index in [1.54, 1.807) is 0 Å². The molecular weight excluding hydrogens is 237 g/mol. The number of hydrogen-bond donors (Lipinski definition) is 0. The summed E-state index contributed by atoms with van der Waals surface area (Å²) in [5.74, 6) is 1.20.